The van der Waals surface area contributed by atoms with Crippen LogP contribution in [0.5, 0.6) is 0 Å². The summed E-state index contributed by atoms with van der Waals surface area (Å²) in [5, 5.41) is 0.622. The van der Waals surface area contributed by atoms with Crippen molar-refractivity contribution in [3.63, 3.8) is 0 Å². The van der Waals surface area contributed by atoms with Gasteiger partial charge in [-0.2, -0.15) is 0 Å². The molecule has 4 aromatic rings. The topological polar surface area (TPSA) is 85.3 Å². The average molecular weight is 461 g/mol. The van der Waals surface area contributed by atoms with E-state index in [1.54, 1.807) is 0 Å². The lowest BCUT2D eigenvalue weighted by Gasteiger charge is -2.29. The van der Waals surface area contributed by atoms with Crippen molar-refractivity contribution in [3.8, 4) is 5.69 Å². The number of para-hydroxylation sites is 1. The maximum Gasteiger partial charge on any atom is 0.268 e. The van der Waals surface area contributed by atoms with Gasteiger partial charge in [0.1, 0.15) is 4.83 Å². The summed E-state index contributed by atoms with van der Waals surface area (Å²) in [5.74, 6) is 0.0367. The molecule has 1 aliphatic rings. The molecule has 0 aliphatic carbocycles. The Morgan fingerprint density at radius 1 is 1.12 bits per heavy atom. The van der Waals surface area contributed by atoms with Gasteiger partial charge in [-0.3, -0.25) is 20.4 Å². The summed E-state index contributed by atoms with van der Waals surface area (Å²) >= 11 is 1.47. The Hall–Kier alpha value is -3.49. The van der Waals surface area contributed by atoms with Crippen LogP contribution in [-0.4, -0.2) is 21.1 Å². The van der Waals surface area contributed by atoms with E-state index in [1.165, 1.54) is 15.9 Å². The number of aromatic nitrogens is 2. The molecule has 0 bridgehead atoms. The maximum atomic E-state index is 13.8. The van der Waals surface area contributed by atoms with Gasteiger partial charge in [0.15, 0.2) is 0 Å². The SMILES string of the molecule is CC1(C)Cc2c(sc3nc(NNC(=O)Cc4ccccc4)n(-c4ccccc4)c(=O)c23)CO1. The number of thiophene rings is 1. The number of anilines is 1. The minimum atomic E-state index is -0.340. The molecule has 2 aromatic carbocycles. The molecule has 1 aliphatic heterocycles. The van der Waals surface area contributed by atoms with Crippen molar-refractivity contribution in [3.05, 3.63) is 87.0 Å². The molecule has 0 spiro atoms. The minimum Gasteiger partial charge on any atom is -0.370 e. The predicted octanol–water partition coefficient (Wildman–Crippen LogP) is 3.98. The third-order valence-corrected chi connectivity index (χ3v) is 6.74. The van der Waals surface area contributed by atoms with E-state index in [-0.39, 0.29) is 29.4 Å². The van der Waals surface area contributed by atoms with Crippen molar-refractivity contribution in [2.75, 3.05) is 5.43 Å². The summed E-state index contributed by atoms with van der Waals surface area (Å²) in [6.45, 7) is 4.52. The average Bonchev–Trinajstić information content (AvgIpc) is 3.15. The van der Waals surface area contributed by atoms with Gasteiger partial charge in [0.25, 0.3) is 5.56 Å². The fraction of sp³-hybridized carbons (Fsp3) is 0.240. The second-order valence-electron chi connectivity index (χ2n) is 8.66. The molecule has 1 amide bonds. The van der Waals surface area contributed by atoms with Gasteiger partial charge < -0.3 is 4.74 Å². The van der Waals surface area contributed by atoms with Crippen LogP contribution in [0.15, 0.2) is 65.5 Å². The molecule has 5 rings (SSSR count). The molecular formula is C25H24N4O3S. The Kier molecular flexibility index (Phi) is 5.47. The molecule has 33 heavy (non-hydrogen) atoms. The molecule has 0 radical (unpaired) electrons. The van der Waals surface area contributed by atoms with E-state index in [0.717, 1.165) is 16.0 Å². The zero-order valence-electron chi connectivity index (χ0n) is 18.4. The van der Waals surface area contributed by atoms with Crippen molar-refractivity contribution >= 4 is 33.4 Å². The van der Waals surface area contributed by atoms with Gasteiger partial charge in [0.2, 0.25) is 11.9 Å². The number of carbonyl (C=O) groups is 1. The normalized spacial score (nSPS) is 14.6. The standard InChI is InChI=1S/C25H24N4O3S/c1-25(2)14-18-19(15-32-25)33-22-21(18)23(31)29(17-11-7-4-8-12-17)24(26-22)28-27-20(30)13-16-9-5-3-6-10-16/h3-12H,13-15H2,1-2H3,(H,26,28)(H,27,30). The highest BCUT2D eigenvalue weighted by Gasteiger charge is 2.31. The Bertz CT molecular complexity index is 1380. The van der Waals surface area contributed by atoms with Crippen molar-refractivity contribution in [2.24, 2.45) is 0 Å². The predicted molar refractivity (Wildman–Crippen MR) is 130 cm³/mol. The van der Waals surface area contributed by atoms with Crippen LogP contribution in [0.25, 0.3) is 15.9 Å². The number of hydrogen-bond acceptors (Lipinski definition) is 6. The van der Waals surface area contributed by atoms with E-state index in [1.807, 2.05) is 74.5 Å². The van der Waals surface area contributed by atoms with E-state index in [9.17, 15) is 9.59 Å². The summed E-state index contributed by atoms with van der Waals surface area (Å²) in [7, 11) is 0. The fourth-order valence-corrected chi connectivity index (χ4v) is 5.14. The molecule has 8 heteroatoms. The number of carbonyl (C=O) groups excluding carboxylic acids is 1. The third-order valence-electron chi connectivity index (χ3n) is 5.64. The molecule has 168 valence electrons. The van der Waals surface area contributed by atoms with Crippen LogP contribution in [0.2, 0.25) is 0 Å². The van der Waals surface area contributed by atoms with Gasteiger partial charge in [-0.25, -0.2) is 9.55 Å². The van der Waals surface area contributed by atoms with Crippen LogP contribution in [0.4, 0.5) is 5.95 Å². The van der Waals surface area contributed by atoms with Gasteiger partial charge in [0, 0.05) is 11.3 Å². The molecular weight excluding hydrogens is 436 g/mol. The van der Waals surface area contributed by atoms with E-state index in [4.69, 9.17) is 9.72 Å². The molecule has 0 saturated carbocycles. The molecule has 0 unspecified atom stereocenters. The summed E-state index contributed by atoms with van der Waals surface area (Å²) in [5.41, 5.74) is 7.65. The monoisotopic (exact) mass is 460 g/mol. The molecule has 2 aromatic heterocycles. The van der Waals surface area contributed by atoms with Crippen LogP contribution in [0.3, 0.4) is 0 Å². The van der Waals surface area contributed by atoms with Crippen LogP contribution < -0.4 is 16.4 Å². The molecule has 3 heterocycles. The first-order chi connectivity index (χ1) is 15.9. The summed E-state index contributed by atoms with van der Waals surface area (Å²) < 4.78 is 7.46. The zero-order chi connectivity index (χ0) is 23.0. The number of nitrogens with zero attached hydrogens (tertiary/aromatic N) is 2. The molecule has 0 fully saturated rings. The number of hydrazine groups is 1. The zero-order valence-corrected chi connectivity index (χ0v) is 19.2. The van der Waals surface area contributed by atoms with Gasteiger partial charge in [-0.15, -0.1) is 11.3 Å². The number of hydrogen-bond donors (Lipinski definition) is 2. The van der Waals surface area contributed by atoms with Crippen LogP contribution in [0.1, 0.15) is 29.9 Å². The van der Waals surface area contributed by atoms with Crippen molar-refractivity contribution < 1.29 is 9.53 Å². The highest BCUT2D eigenvalue weighted by atomic mass is 32.1. The maximum absolute atomic E-state index is 13.8. The highest BCUT2D eigenvalue weighted by Crippen LogP contribution is 2.37. The number of fused-ring (bicyclic) bond motifs is 3. The number of benzene rings is 2. The molecule has 0 saturated heterocycles. The van der Waals surface area contributed by atoms with Crippen LogP contribution >= 0.6 is 11.3 Å². The lowest BCUT2D eigenvalue weighted by atomic mass is 9.94. The van der Waals surface area contributed by atoms with Gasteiger partial charge in [-0.05, 0) is 37.1 Å². The summed E-state index contributed by atoms with van der Waals surface area (Å²) in [4.78, 5) is 32.7. The number of ether oxygens (including phenoxy) is 1. The second-order valence-corrected chi connectivity index (χ2v) is 9.74. The van der Waals surface area contributed by atoms with Crippen LogP contribution in [-0.2, 0) is 29.0 Å². The lowest BCUT2D eigenvalue weighted by Crippen LogP contribution is -2.35. The minimum absolute atomic E-state index is 0.166. The summed E-state index contributed by atoms with van der Waals surface area (Å²) in [6.07, 6.45) is 0.861. The lowest BCUT2D eigenvalue weighted by molar-refractivity contribution is -0.119. The number of amides is 1. The molecule has 2 N–H and O–H groups in total. The molecule has 7 nitrogen and oxygen atoms in total. The number of rotatable bonds is 5. The van der Waals surface area contributed by atoms with E-state index in [2.05, 4.69) is 10.9 Å². The first-order valence-corrected chi connectivity index (χ1v) is 11.6. The highest BCUT2D eigenvalue weighted by molar-refractivity contribution is 7.18. The Balaban J connectivity index is 1.55. The van der Waals surface area contributed by atoms with Gasteiger partial charge in [-0.1, -0.05) is 48.5 Å². The summed E-state index contributed by atoms with van der Waals surface area (Å²) in [6, 6.07) is 18.8. The van der Waals surface area contributed by atoms with Crippen LogP contribution in [0, 0.1) is 0 Å². The first kappa shape index (κ1) is 21.4. The van der Waals surface area contributed by atoms with E-state index in [0.29, 0.717) is 28.9 Å². The van der Waals surface area contributed by atoms with Crippen molar-refractivity contribution in [2.45, 2.75) is 38.9 Å². The smallest absolute Gasteiger partial charge is 0.268 e. The van der Waals surface area contributed by atoms with E-state index < -0.39 is 0 Å². The fourth-order valence-electron chi connectivity index (χ4n) is 4.04. The Labute approximate surface area is 195 Å². The number of nitrogens with one attached hydrogen (secondary N) is 2. The Morgan fingerprint density at radius 3 is 2.55 bits per heavy atom. The largest absolute Gasteiger partial charge is 0.370 e. The van der Waals surface area contributed by atoms with Crippen molar-refractivity contribution in [1.29, 1.82) is 0 Å². The van der Waals surface area contributed by atoms with E-state index >= 15 is 0 Å². The third kappa shape index (κ3) is 4.27. The second kappa shape index (κ2) is 8.46. The first-order valence-electron chi connectivity index (χ1n) is 10.8. The van der Waals surface area contributed by atoms with Gasteiger partial charge >= 0.3 is 0 Å². The van der Waals surface area contributed by atoms with Crippen molar-refractivity contribution in [1.82, 2.24) is 15.0 Å². The Morgan fingerprint density at radius 2 is 1.82 bits per heavy atom. The quantitative estimate of drug-likeness (QED) is 0.440. The van der Waals surface area contributed by atoms with Gasteiger partial charge in [0.05, 0.1) is 29.7 Å². The molecule has 0 atom stereocenters.